The molecule has 7 heteroatoms. The third-order valence-corrected chi connectivity index (χ3v) is 6.13. The SMILES string of the molecule is COc1ccc2c(c1)C(c1ccc(N3CCOCC3)cc1)=NNC(c1ccc(Br)cc1)=N2. The van der Waals surface area contributed by atoms with Crippen LogP contribution in [0.1, 0.15) is 16.7 Å². The van der Waals surface area contributed by atoms with Gasteiger partial charge in [0.1, 0.15) is 11.5 Å². The second-order valence-electron chi connectivity index (χ2n) is 7.57. The van der Waals surface area contributed by atoms with Crippen molar-refractivity contribution >= 4 is 38.9 Å². The molecule has 1 fully saturated rings. The van der Waals surface area contributed by atoms with Crippen LogP contribution in [0.3, 0.4) is 0 Å². The predicted octanol–water partition coefficient (Wildman–Crippen LogP) is 4.73. The van der Waals surface area contributed by atoms with Crippen LogP contribution in [0.2, 0.25) is 0 Å². The van der Waals surface area contributed by atoms with Crippen LogP contribution >= 0.6 is 15.9 Å². The third kappa shape index (κ3) is 4.26. The molecule has 0 aliphatic carbocycles. The highest BCUT2D eigenvalue weighted by molar-refractivity contribution is 9.10. The molecule has 0 radical (unpaired) electrons. The predicted molar refractivity (Wildman–Crippen MR) is 132 cm³/mol. The first kappa shape index (κ1) is 20.7. The molecular formula is C25H23BrN4O2. The van der Waals surface area contributed by atoms with Crippen molar-refractivity contribution in [3.63, 3.8) is 0 Å². The average molecular weight is 491 g/mol. The van der Waals surface area contributed by atoms with Crippen molar-refractivity contribution in [2.45, 2.75) is 0 Å². The van der Waals surface area contributed by atoms with E-state index < -0.39 is 0 Å². The Morgan fingerprint density at radius 2 is 1.66 bits per heavy atom. The van der Waals surface area contributed by atoms with Gasteiger partial charge in [-0.05, 0) is 42.5 Å². The number of hydrogen-bond donors (Lipinski definition) is 1. The lowest BCUT2D eigenvalue weighted by molar-refractivity contribution is 0.122. The van der Waals surface area contributed by atoms with E-state index in [0.717, 1.165) is 64.6 Å². The summed E-state index contributed by atoms with van der Waals surface area (Å²) in [6.45, 7) is 3.35. The summed E-state index contributed by atoms with van der Waals surface area (Å²) in [6.07, 6.45) is 0. The Morgan fingerprint density at radius 1 is 0.938 bits per heavy atom. The van der Waals surface area contributed by atoms with Crippen LogP contribution in [0.15, 0.2) is 81.3 Å². The van der Waals surface area contributed by atoms with E-state index >= 15 is 0 Å². The number of methoxy groups -OCH3 is 1. The van der Waals surface area contributed by atoms with Crippen LogP contribution in [0.5, 0.6) is 5.75 Å². The van der Waals surface area contributed by atoms with Gasteiger partial charge in [-0.15, -0.1) is 0 Å². The number of amidine groups is 1. The van der Waals surface area contributed by atoms with Crippen molar-refractivity contribution in [1.82, 2.24) is 5.43 Å². The zero-order valence-electron chi connectivity index (χ0n) is 17.7. The molecule has 162 valence electrons. The molecule has 32 heavy (non-hydrogen) atoms. The monoisotopic (exact) mass is 490 g/mol. The second kappa shape index (κ2) is 9.14. The molecule has 3 aromatic carbocycles. The Bertz CT molecular complexity index is 1170. The van der Waals surface area contributed by atoms with Crippen LogP contribution in [-0.4, -0.2) is 45.0 Å². The van der Waals surface area contributed by atoms with E-state index in [4.69, 9.17) is 19.6 Å². The lowest BCUT2D eigenvalue weighted by Crippen LogP contribution is -2.36. The first-order chi connectivity index (χ1) is 15.7. The lowest BCUT2D eigenvalue weighted by Gasteiger charge is -2.29. The second-order valence-corrected chi connectivity index (χ2v) is 8.48. The van der Waals surface area contributed by atoms with Gasteiger partial charge in [0.05, 0.1) is 26.0 Å². The Labute approximate surface area is 195 Å². The van der Waals surface area contributed by atoms with Gasteiger partial charge in [-0.1, -0.05) is 40.2 Å². The third-order valence-electron chi connectivity index (χ3n) is 5.60. The normalized spacial score (nSPS) is 15.8. The molecule has 0 saturated carbocycles. The number of rotatable bonds is 4. The first-order valence-corrected chi connectivity index (χ1v) is 11.3. The molecule has 0 atom stereocenters. The molecule has 1 N–H and O–H groups in total. The number of ether oxygens (including phenoxy) is 2. The number of hydrazone groups is 1. The quantitative estimate of drug-likeness (QED) is 0.574. The van der Waals surface area contributed by atoms with Gasteiger partial charge in [0.2, 0.25) is 0 Å². The van der Waals surface area contributed by atoms with E-state index in [1.807, 2.05) is 42.5 Å². The fraction of sp³-hybridized carbons (Fsp3) is 0.200. The van der Waals surface area contributed by atoms with E-state index in [2.05, 4.69) is 50.5 Å². The van der Waals surface area contributed by atoms with Crippen LogP contribution in [-0.2, 0) is 4.74 Å². The van der Waals surface area contributed by atoms with Crippen molar-refractivity contribution in [3.8, 4) is 5.75 Å². The highest BCUT2D eigenvalue weighted by Gasteiger charge is 2.19. The number of aliphatic imine (C=N–C) groups is 1. The molecule has 0 aromatic heterocycles. The number of nitrogens with zero attached hydrogens (tertiary/aromatic N) is 3. The number of hydrogen-bond acceptors (Lipinski definition) is 6. The number of morpholine rings is 1. The van der Waals surface area contributed by atoms with Crippen LogP contribution in [0.25, 0.3) is 0 Å². The standard InChI is InChI=1S/C25H23BrN4O2/c1-31-21-10-11-23-22(16-21)24(28-29-25(27-23)18-2-6-19(26)7-3-18)17-4-8-20(9-5-17)30-12-14-32-15-13-30/h2-11,16H,12-15H2,1H3,(H,27,29). The lowest BCUT2D eigenvalue weighted by atomic mass is 10.00. The minimum atomic E-state index is 0.698. The number of nitrogens with one attached hydrogen (secondary N) is 1. The Balaban J connectivity index is 1.53. The molecule has 2 aliphatic rings. The molecule has 0 unspecified atom stereocenters. The minimum absolute atomic E-state index is 0.698. The molecular weight excluding hydrogens is 468 g/mol. The van der Waals surface area contributed by atoms with E-state index in [-0.39, 0.29) is 0 Å². The Hall–Kier alpha value is -3.16. The van der Waals surface area contributed by atoms with Crippen molar-refractivity contribution in [1.29, 1.82) is 0 Å². The van der Waals surface area contributed by atoms with Gasteiger partial charge in [-0.2, -0.15) is 5.10 Å². The zero-order valence-corrected chi connectivity index (χ0v) is 19.3. The van der Waals surface area contributed by atoms with E-state index in [9.17, 15) is 0 Å². The minimum Gasteiger partial charge on any atom is -0.497 e. The van der Waals surface area contributed by atoms with Crippen LogP contribution < -0.4 is 15.1 Å². The molecule has 2 heterocycles. The van der Waals surface area contributed by atoms with Crippen LogP contribution in [0, 0.1) is 0 Å². The fourth-order valence-corrected chi connectivity index (χ4v) is 4.12. The molecule has 5 rings (SSSR count). The summed E-state index contributed by atoms with van der Waals surface area (Å²) in [5.41, 5.74) is 8.93. The average Bonchev–Trinajstić information content (AvgIpc) is 3.04. The fourth-order valence-electron chi connectivity index (χ4n) is 3.85. The van der Waals surface area contributed by atoms with Gasteiger partial charge in [0.25, 0.3) is 0 Å². The van der Waals surface area contributed by atoms with Crippen molar-refractivity contribution in [2.24, 2.45) is 10.1 Å². The first-order valence-electron chi connectivity index (χ1n) is 10.5. The van der Waals surface area contributed by atoms with Gasteiger partial charge in [-0.25, -0.2) is 4.99 Å². The summed E-state index contributed by atoms with van der Waals surface area (Å²) in [5, 5.41) is 4.77. The van der Waals surface area contributed by atoms with E-state index in [1.165, 1.54) is 5.69 Å². The maximum Gasteiger partial charge on any atom is 0.154 e. The Kier molecular flexibility index (Phi) is 5.92. The van der Waals surface area contributed by atoms with E-state index in [1.54, 1.807) is 7.11 Å². The summed E-state index contributed by atoms with van der Waals surface area (Å²) in [7, 11) is 1.67. The summed E-state index contributed by atoms with van der Waals surface area (Å²) in [5.74, 6) is 1.47. The molecule has 3 aromatic rings. The summed E-state index contributed by atoms with van der Waals surface area (Å²) in [4.78, 5) is 7.22. The molecule has 6 nitrogen and oxygen atoms in total. The van der Waals surface area contributed by atoms with Crippen molar-refractivity contribution in [2.75, 3.05) is 38.3 Å². The topological polar surface area (TPSA) is 58.5 Å². The Morgan fingerprint density at radius 3 is 2.38 bits per heavy atom. The van der Waals surface area contributed by atoms with Gasteiger partial charge in [0.15, 0.2) is 5.84 Å². The van der Waals surface area contributed by atoms with Gasteiger partial charge < -0.3 is 14.4 Å². The maximum absolute atomic E-state index is 5.48. The van der Waals surface area contributed by atoms with Gasteiger partial charge >= 0.3 is 0 Å². The highest BCUT2D eigenvalue weighted by atomic mass is 79.9. The summed E-state index contributed by atoms with van der Waals surface area (Å²) >= 11 is 3.49. The zero-order chi connectivity index (χ0) is 21.9. The van der Waals surface area contributed by atoms with Crippen molar-refractivity contribution < 1.29 is 9.47 Å². The molecule has 2 aliphatic heterocycles. The number of halogens is 1. The highest BCUT2D eigenvalue weighted by Crippen LogP contribution is 2.30. The van der Waals surface area contributed by atoms with Crippen LogP contribution in [0.4, 0.5) is 11.4 Å². The number of fused-ring (bicyclic) bond motifs is 1. The largest absolute Gasteiger partial charge is 0.497 e. The summed E-state index contributed by atoms with van der Waals surface area (Å²) in [6, 6.07) is 22.4. The smallest absolute Gasteiger partial charge is 0.154 e. The molecule has 0 amide bonds. The van der Waals surface area contributed by atoms with E-state index in [0.29, 0.717) is 5.84 Å². The van der Waals surface area contributed by atoms with Gasteiger partial charge in [-0.3, -0.25) is 5.43 Å². The summed E-state index contributed by atoms with van der Waals surface area (Å²) < 4.78 is 12.0. The van der Waals surface area contributed by atoms with Gasteiger partial charge in [0, 0.05) is 39.9 Å². The maximum atomic E-state index is 5.48. The molecule has 0 spiro atoms. The molecule has 1 saturated heterocycles. The molecule has 0 bridgehead atoms. The number of anilines is 1. The number of benzene rings is 3. The van der Waals surface area contributed by atoms with Crippen molar-refractivity contribution in [3.05, 3.63) is 87.9 Å².